The normalized spacial score (nSPS) is 18.2. The number of rotatable bonds is 6. The molecule has 0 saturated carbocycles. The number of ether oxygens (including phenoxy) is 4. The van der Waals surface area contributed by atoms with Crippen LogP contribution in [0.5, 0.6) is 23.0 Å². The Kier molecular flexibility index (Phi) is 9.92. The number of hydrogen-bond acceptors (Lipinski definition) is 6. The zero-order valence-corrected chi connectivity index (χ0v) is 29.1. The zero-order chi connectivity index (χ0) is 33.0. The molecule has 0 bridgehead atoms. The van der Waals surface area contributed by atoms with Crippen LogP contribution in [0.15, 0.2) is 72.8 Å². The molecule has 0 saturated heterocycles. The van der Waals surface area contributed by atoms with E-state index >= 15 is 0 Å². The van der Waals surface area contributed by atoms with Crippen molar-refractivity contribution in [2.45, 2.75) is 64.5 Å². The Balaban J connectivity index is 0.000000152. The molecule has 0 amide bonds. The predicted octanol–water partition coefficient (Wildman–Crippen LogP) is 7.58. The third-order valence-electron chi connectivity index (χ3n) is 11.0. The monoisotopic (exact) mass is 646 g/mol. The molecule has 0 radical (unpaired) electrons. The second-order valence-corrected chi connectivity index (χ2v) is 13.6. The summed E-state index contributed by atoms with van der Waals surface area (Å²) in [6, 6.07) is 27.4. The minimum absolute atomic E-state index is 0.413. The molecule has 0 fully saturated rings. The first-order valence-electron chi connectivity index (χ1n) is 17.8. The van der Waals surface area contributed by atoms with Crippen LogP contribution in [-0.2, 0) is 38.5 Å². The lowest BCUT2D eigenvalue weighted by molar-refractivity contribution is 0.220. The predicted molar refractivity (Wildman–Crippen MR) is 192 cm³/mol. The molecule has 48 heavy (non-hydrogen) atoms. The van der Waals surface area contributed by atoms with Crippen molar-refractivity contribution in [2.75, 3.05) is 53.6 Å². The summed E-state index contributed by atoms with van der Waals surface area (Å²) in [7, 11) is 3.48. The maximum Gasteiger partial charge on any atom is 0.122 e. The lowest BCUT2D eigenvalue weighted by atomic mass is 10.0. The van der Waals surface area contributed by atoms with Crippen molar-refractivity contribution in [1.82, 2.24) is 9.80 Å². The summed E-state index contributed by atoms with van der Waals surface area (Å²) in [5.74, 6) is 4.10. The summed E-state index contributed by atoms with van der Waals surface area (Å²) in [6.07, 6.45) is 6.46. The fraction of sp³-hybridized carbons (Fsp3) is 0.429. The van der Waals surface area contributed by atoms with E-state index in [0.717, 1.165) is 101 Å². The summed E-state index contributed by atoms with van der Waals surface area (Å²) in [5.41, 5.74) is 11.2. The van der Waals surface area contributed by atoms with E-state index < -0.39 is 0 Å². The number of benzene rings is 4. The summed E-state index contributed by atoms with van der Waals surface area (Å²) < 4.78 is 22.2. The van der Waals surface area contributed by atoms with Gasteiger partial charge in [0.2, 0.25) is 0 Å². The second-order valence-electron chi connectivity index (χ2n) is 13.6. The molecule has 2 atom stereocenters. The van der Waals surface area contributed by atoms with E-state index in [2.05, 4.69) is 96.4 Å². The third-order valence-corrected chi connectivity index (χ3v) is 11.0. The van der Waals surface area contributed by atoms with Gasteiger partial charge in [-0.25, -0.2) is 0 Å². The molecule has 0 aliphatic carbocycles. The van der Waals surface area contributed by atoms with Crippen molar-refractivity contribution in [3.05, 3.63) is 117 Å². The Morgan fingerprint density at radius 2 is 0.875 bits per heavy atom. The van der Waals surface area contributed by atoms with E-state index in [1.54, 1.807) is 14.2 Å². The van der Waals surface area contributed by atoms with Crippen LogP contribution in [-0.4, -0.2) is 63.4 Å². The van der Waals surface area contributed by atoms with Gasteiger partial charge in [0.25, 0.3) is 0 Å². The third kappa shape index (κ3) is 7.06. The Labute approximate surface area is 286 Å². The highest BCUT2D eigenvalue weighted by Crippen LogP contribution is 2.34. The van der Waals surface area contributed by atoms with Gasteiger partial charge in [-0.3, -0.25) is 9.80 Å². The standard InChI is InChI=1S/2C21H25NO2/c2*1-15(18-4-3-17-9-12-24-21(17)14-18)22-10-7-16-5-6-20(23-2)13-19(16)8-11-22/h2*3-6,13-15H,7-12H2,1-2H3/t2*15-/m10/s1. The smallest absolute Gasteiger partial charge is 0.122 e. The second kappa shape index (κ2) is 14.6. The molecule has 0 aromatic heterocycles. The minimum atomic E-state index is 0.413. The molecule has 4 aliphatic heterocycles. The van der Waals surface area contributed by atoms with Crippen molar-refractivity contribution in [2.24, 2.45) is 0 Å². The fourth-order valence-corrected chi connectivity index (χ4v) is 7.77. The van der Waals surface area contributed by atoms with Gasteiger partial charge in [-0.2, -0.15) is 0 Å². The van der Waals surface area contributed by atoms with Crippen LogP contribution in [0.1, 0.15) is 70.4 Å². The highest BCUT2D eigenvalue weighted by atomic mass is 16.5. The van der Waals surface area contributed by atoms with Gasteiger partial charge in [-0.15, -0.1) is 0 Å². The van der Waals surface area contributed by atoms with Crippen molar-refractivity contribution in [1.29, 1.82) is 0 Å². The first kappa shape index (κ1) is 32.5. The van der Waals surface area contributed by atoms with Gasteiger partial charge in [0.15, 0.2) is 0 Å². The molecule has 8 rings (SSSR count). The largest absolute Gasteiger partial charge is 0.497 e. The molecule has 4 aromatic carbocycles. The van der Waals surface area contributed by atoms with Crippen molar-refractivity contribution >= 4 is 0 Å². The molecule has 0 spiro atoms. The quantitative estimate of drug-likeness (QED) is 0.215. The topological polar surface area (TPSA) is 43.4 Å². The average molecular weight is 647 g/mol. The maximum absolute atomic E-state index is 5.75. The molecule has 252 valence electrons. The number of fused-ring (bicyclic) bond motifs is 4. The fourth-order valence-electron chi connectivity index (χ4n) is 7.77. The van der Waals surface area contributed by atoms with E-state index in [0.29, 0.717) is 12.1 Å². The number of methoxy groups -OCH3 is 2. The van der Waals surface area contributed by atoms with E-state index in [9.17, 15) is 0 Å². The van der Waals surface area contributed by atoms with Gasteiger partial charge in [0.05, 0.1) is 27.4 Å². The molecule has 6 heteroatoms. The summed E-state index contributed by atoms with van der Waals surface area (Å²) >= 11 is 0. The molecular weight excluding hydrogens is 596 g/mol. The Bertz CT molecular complexity index is 1610. The van der Waals surface area contributed by atoms with Crippen molar-refractivity contribution in [3.63, 3.8) is 0 Å². The summed E-state index contributed by atoms with van der Waals surface area (Å²) in [6.45, 7) is 10.6. The van der Waals surface area contributed by atoms with Gasteiger partial charge >= 0.3 is 0 Å². The minimum Gasteiger partial charge on any atom is -0.497 e. The highest BCUT2D eigenvalue weighted by molar-refractivity contribution is 5.43. The van der Waals surface area contributed by atoms with Gasteiger partial charge in [-0.1, -0.05) is 36.4 Å². The van der Waals surface area contributed by atoms with Gasteiger partial charge in [-0.05, 0) is 120 Å². The van der Waals surface area contributed by atoms with Crippen LogP contribution < -0.4 is 18.9 Å². The molecule has 6 nitrogen and oxygen atoms in total. The molecule has 4 heterocycles. The van der Waals surface area contributed by atoms with Crippen LogP contribution in [0.3, 0.4) is 0 Å². The van der Waals surface area contributed by atoms with Gasteiger partial charge < -0.3 is 18.9 Å². The zero-order valence-electron chi connectivity index (χ0n) is 29.1. The summed E-state index contributed by atoms with van der Waals surface area (Å²) in [4.78, 5) is 5.17. The first-order chi connectivity index (χ1) is 23.5. The lowest BCUT2D eigenvalue weighted by Gasteiger charge is -2.28. The molecular formula is C42H50N2O4. The Morgan fingerprint density at radius 3 is 1.29 bits per heavy atom. The molecule has 0 N–H and O–H groups in total. The number of hydrogen-bond donors (Lipinski definition) is 0. The van der Waals surface area contributed by atoms with Crippen LogP contribution >= 0.6 is 0 Å². The molecule has 0 unspecified atom stereocenters. The van der Waals surface area contributed by atoms with Crippen LogP contribution in [0.2, 0.25) is 0 Å². The Morgan fingerprint density at radius 1 is 0.479 bits per heavy atom. The van der Waals surface area contributed by atoms with Crippen molar-refractivity contribution in [3.8, 4) is 23.0 Å². The molecule has 4 aromatic rings. The SMILES string of the molecule is COc1ccc2c(c1)CCN([C@@H](C)c1ccc3c(c1)OCC3)CC2.COc1ccc2c(c1)CCN([C@H](C)c1ccc3c(c1)OCC3)CC2. The summed E-state index contributed by atoms with van der Waals surface area (Å²) in [5, 5.41) is 0. The lowest BCUT2D eigenvalue weighted by Crippen LogP contribution is -2.29. The average Bonchev–Trinajstić information content (AvgIpc) is 3.69. The molecule has 4 aliphatic rings. The van der Waals surface area contributed by atoms with Crippen LogP contribution in [0.4, 0.5) is 0 Å². The van der Waals surface area contributed by atoms with E-state index in [-0.39, 0.29) is 0 Å². The highest BCUT2D eigenvalue weighted by Gasteiger charge is 2.24. The van der Waals surface area contributed by atoms with Crippen LogP contribution in [0.25, 0.3) is 0 Å². The first-order valence-corrected chi connectivity index (χ1v) is 17.8. The van der Waals surface area contributed by atoms with Crippen molar-refractivity contribution < 1.29 is 18.9 Å². The Hall–Kier alpha value is -4.00. The van der Waals surface area contributed by atoms with E-state index in [1.165, 1.54) is 44.5 Å². The van der Waals surface area contributed by atoms with Crippen LogP contribution in [0, 0.1) is 0 Å². The maximum atomic E-state index is 5.75. The van der Waals surface area contributed by atoms with Gasteiger partial charge in [0.1, 0.15) is 23.0 Å². The number of nitrogens with zero attached hydrogens (tertiary/aromatic N) is 2. The van der Waals surface area contributed by atoms with E-state index in [1.807, 2.05) is 0 Å². The van der Waals surface area contributed by atoms with E-state index in [4.69, 9.17) is 18.9 Å². The van der Waals surface area contributed by atoms with Gasteiger partial charge in [0, 0.05) is 51.1 Å².